The Morgan fingerprint density at radius 2 is 2.00 bits per heavy atom. The van der Waals surface area contributed by atoms with Gasteiger partial charge < -0.3 is 9.64 Å². The van der Waals surface area contributed by atoms with E-state index in [0.29, 0.717) is 32.2 Å². The van der Waals surface area contributed by atoms with Crippen molar-refractivity contribution in [1.29, 1.82) is 0 Å². The first-order valence-corrected chi connectivity index (χ1v) is 9.85. The van der Waals surface area contributed by atoms with Gasteiger partial charge in [-0.1, -0.05) is 0 Å². The maximum atomic E-state index is 12.9. The van der Waals surface area contributed by atoms with Crippen LogP contribution in [0.3, 0.4) is 0 Å². The van der Waals surface area contributed by atoms with Crippen LogP contribution in [0.2, 0.25) is 0 Å². The third-order valence-corrected chi connectivity index (χ3v) is 6.94. The SMILES string of the molecule is O=S(=O)(NC[C@H]1CCC2(CN(c3ncc(F)cn3)C2)OC1)C1CC1. The molecule has 1 atom stereocenters. The van der Waals surface area contributed by atoms with E-state index in [0.717, 1.165) is 38.1 Å². The molecule has 4 rings (SSSR count). The monoisotopic (exact) mass is 356 g/mol. The quantitative estimate of drug-likeness (QED) is 0.835. The summed E-state index contributed by atoms with van der Waals surface area (Å²) in [7, 11) is -3.12. The van der Waals surface area contributed by atoms with Crippen LogP contribution in [0.1, 0.15) is 25.7 Å². The second kappa shape index (κ2) is 5.89. The number of aromatic nitrogens is 2. The van der Waals surface area contributed by atoms with Gasteiger partial charge >= 0.3 is 0 Å². The minimum atomic E-state index is -3.12. The summed E-state index contributed by atoms with van der Waals surface area (Å²) in [6.07, 6.45) is 5.71. The molecule has 1 aromatic rings. The molecule has 9 heteroatoms. The van der Waals surface area contributed by atoms with Crippen LogP contribution in [0.5, 0.6) is 0 Å². The van der Waals surface area contributed by atoms with Crippen molar-refractivity contribution in [3.8, 4) is 0 Å². The lowest BCUT2D eigenvalue weighted by atomic mass is 9.83. The van der Waals surface area contributed by atoms with Gasteiger partial charge in [0.25, 0.3) is 0 Å². The summed E-state index contributed by atoms with van der Waals surface area (Å²) in [5, 5.41) is -0.177. The van der Waals surface area contributed by atoms with Crippen LogP contribution >= 0.6 is 0 Å². The summed E-state index contributed by atoms with van der Waals surface area (Å²) < 4.78 is 45.3. The van der Waals surface area contributed by atoms with Crippen molar-refractivity contribution >= 4 is 16.0 Å². The molecule has 3 aliphatic rings. The zero-order valence-corrected chi connectivity index (χ0v) is 14.1. The summed E-state index contributed by atoms with van der Waals surface area (Å²) in [4.78, 5) is 9.93. The molecule has 3 heterocycles. The molecule has 1 aromatic heterocycles. The van der Waals surface area contributed by atoms with Crippen LogP contribution in [0.25, 0.3) is 0 Å². The molecule has 0 bridgehead atoms. The van der Waals surface area contributed by atoms with Crippen molar-refractivity contribution in [2.45, 2.75) is 36.5 Å². The standard InChI is InChI=1S/C15H21FN4O3S/c16-12-6-17-14(18-7-12)20-9-15(10-20)4-3-11(8-23-15)5-19-24(21,22)13-1-2-13/h6-7,11,13,19H,1-5,8-10H2/t11-/m1/s1. The highest BCUT2D eigenvalue weighted by Crippen LogP contribution is 2.37. The fourth-order valence-corrected chi connectivity index (χ4v) is 4.78. The molecule has 1 saturated carbocycles. The number of anilines is 1. The molecular formula is C15H21FN4O3S. The van der Waals surface area contributed by atoms with Crippen molar-refractivity contribution in [3.05, 3.63) is 18.2 Å². The third kappa shape index (κ3) is 3.25. The number of hydrogen-bond acceptors (Lipinski definition) is 6. The number of ether oxygens (including phenoxy) is 1. The van der Waals surface area contributed by atoms with Gasteiger partial charge in [0.2, 0.25) is 16.0 Å². The number of nitrogens with one attached hydrogen (secondary N) is 1. The average Bonchev–Trinajstić information content (AvgIpc) is 3.38. The Morgan fingerprint density at radius 1 is 1.29 bits per heavy atom. The van der Waals surface area contributed by atoms with E-state index in [2.05, 4.69) is 14.7 Å². The fourth-order valence-electron chi connectivity index (χ4n) is 3.32. The summed E-state index contributed by atoms with van der Waals surface area (Å²) in [6.45, 7) is 2.41. The van der Waals surface area contributed by atoms with Crippen molar-refractivity contribution in [1.82, 2.24) is 14.7 Å². The molecule has 7 nitrogen and oxygen atoms in total. The van der Waals surface area contributed by atoms with Gasteiger partial charge in [-0.05, 0) is 31.6 Å². The predicted molar refractivity (Wildman–Crippen MR) is 85.6 cm³/mol. The highest BCUT2D eigenvalue weighted by molar-refractivity contribution is 7.90. The molecule has 2 saturated heterocycles. The van der Waals surface area contributed by atoms with Crippen molar-refractivity contribution in [2.24, 2.45) is 5.92 Å². The molecule has 132 valence electrons. The summed E-state index contributed by atoms with van der Waals surface area (Å²) in [6, 6.07) is 0. The van der Waals surface area contributed by atoms with Gasteiger partial charge in [-0.3, -0.25) is 0 Å². The van der Waals surface area contributed by atoms with Crippen LogP contribution in [-0.4, -0.2) is 55.5 Å². The molecular weight excluding hydrogens is 335 g/mol. The highest BCUT2D eigenvalue weighted by Gasteiger charge is 2.47. The second-order valence-corrected chi connectivity index (χ2v) is 9.09. The molecule has 0 unspecified atom stereocenters. The van der Waals surface area contributed by atoms with Crippen LogP contribution in [0.4, 0.5) is 10.3 Å². The molecule has 24 heavy (non-hydrogen) atoms. The fraction of sp³-hybridized carbons (Fsp3) is 0.733. The van der Waals surface area contributed by atoms with Gasteiger partial charge in [-0.25, -0.2) is 27.5 Å². The minimum absolute atomic E-state index is 0.177. The van der Waals surface area contributed by atoms with Gasteiger partial charge in [0, 0.05) is 6.54 Å². The Hall–Kier alpha value is -1.32. The van der Waals surface area contributed by atoms with E-state index in [9.17, 15) is 12.8 Å². The first-order chi connectivity index (χ1) is 11.5. The van der Waals surface area contributed by atoms with Crippen LogP contribution in [0.15, 0.2) is 12.4 Å². The van der Waals surface area contributed by atoms with Crippen molar-refractivity contribution < 1.29 is 17.5 Å². The maximum Gasteiger partial charge on any atom is 0.225 e. The molecule has 1 spiro atoms. The van der Waals surface area contributed by atoms with Gasteiger partial charge in [0.05, 0.1) is 37.3 Å². The zero-order chi connectivity index (χ0) is 16.8. The molecule has 1 aliphatic carbocycles. The first kappa shape index (κ1) is 16.2. The number of hydrogen-bond donors (Lipinski definition) is 1. The summed E-state index contributed by atoms with van der Waals surface area (Å²) in [5.74, 6) is 0.296. The maximum absolute atomic E-state index is 12.9. The van der Waals surface area contributed by atoms with Crippen LogP contribution in [0, 0.1) is 11.7 Å². The van der Waals surface area contributed by atoms with Gasteiger partial charge in [0.15, 0.2) is 5.82 Å². The Morgan fingerprint density at radius 3 is 2.58 bits per heavy atom. The van der Waals surface area contributed by atoms with Crippen molar-refractivity contribution in [3.63, 3.8) is 0 Å². The molecule has 2 aliphatic heterocycles. The van der Waals surface area contributed by atoms with Crippen molar-refractivity contribution in [2.75, 3.05) is 31.1 Å². The average molecular weight is 356 g/mol. The molecule has 0 aromatic carbocycles. The lowest BCUT2D eigenvalue weighted by Gasteiger charge is -2.52. The smallest absolute Gasteiger partial charge is 0.225 e. The Bertz CT molecular complexity index is 692. The highest BCUT2D eigenvalue weighted by atomic mass is 32.2. The topological polar surface area (TPSA) is 84.4 Å². The summed E-state index contributed by atoms with van der Waals surface area (Å²) >= 11 is 0. The molecule has 1 N–H and O–H groups in total. The Labute approximate surface area is 140 Å². The van der Waals surface area contributed by atoms with Gasteiger partial charge in [-0.2, -0.15) is 0 Å². The van der Waals surface area contributed by atoms with Crippen LogP contribution < -0.4 is 9.62 Å². The van der Waals surface area contributed by atoms with E-state index in [1.807, 2.05) is 4.90 Å². The second-order valence-electron chi connectivity index (χ2n) is 7.05. The number of rotatable bonds is 5. The van der Waals surface area contributed by atoms with E-state index in [1.165, 1.54) is 0 Å². The number of sulfonamides is 1. The molecule has 3 fully saturated rings. The first-order valence-electron chi connectivity index (χ1n) is 8.31. The van der Waals surface area contributed by atoms with E-state index < -0.39 is 15.8 Å². The minimum Gasteiger partial charge on any atom is -0.371 e. The lowest BCUT2D eigenvalue weighted by Crippen LogP contribution is -2.65. The lowest BCUT2D eigenvalue weighted by molar-refractivity contribution is -0.115. The molecule has 0 amide bonds. The zero-order valence-electron chi connectivity index (χ0n) is 13.3. The van der Waals surface area contributed by atoms with Crippen LogP contribution in [-0.2, 0) is 14.8 Å². The van der Waals surface area contributed by atoms with E-state index in [4.69, 9.17) is 4.74 Å². The van der Waals surface area contributed by atoms with E-state index >= 15 is 0 Å². The Kier molecular flexibility index (Phi) is 3.97. The largest absolute Gasteiger partial charge is 0.371 e. The molecule has 0 radical (unpaired) electrons. The predicted octanol–water partition coefficient (Wildman–Crippen LogP) is 0.683. The van der Waals surface area contributed by atoms with E-state index in [-0.39, 0.29) is 16.8 Å². The number of nitrogens with zero attached hydrogens (tertiary/aromatic N) is 3. The Balaban J connectivity index is 1.24. The van der Waals surface area contributed by atoms with Gasteiger partial charge in [0.1, 0.15) is 5.60 Å². The van der Waals surface area contributed by atoms with E-state index in [1.54, 1.807) is 0 Å². The summed E-state index contributed by atoms with van der Waals surface area (Å²) in [5.41, 5.74) is -0.191. The third-order valence-electron chi connectivity index (χ3n) is 5.02. The number of halogens is 1. The normalized spacial score (nSPS) is 26.4. The van der Waals surface area contributed by atoms with Gasteiger partial charge in [-0.15, -0.1) is 0 Å².